The first-order chi connectivity index (χ1) is 15.0. The highest BCUT2D eigenvalue weighted by Crippen LogP contribution is 2.45. The second-order valence-corrected chi connectivity index (χ2v) is 11.1. The first kappa shape index (κ1) is 22.2. The normalized spacial score (nSPS) is 47.4. The monoisotopic (exact) mass is 435 g/mol. The minimum absolute atomic E-state index is 0.199. The third kappa shape index (κ3) is 4.72. The molecule has 0 aromatic heterocycles. The zero-order valence-corrected chi connectivity index (χ0v) is 19.5. The van der Waals surface area contributed by atoms with Crippen LogP contribution < -0.4 is 10.6 Å². The van der Waals surface area contributed by atoms with Crippen molar-refractivity contribution in [1.82, 2.24) is 20.4 Å². The molecule has 1 saturated carbocycles. The second kappa shape index (κ2) is 9.34. The van der Waals surface area contributed by atoms with Gasteiger partial charge < -0.3 is 9.64 Å². The van der Waals surface area contributed by atoms with Gasteiger partial charge in [-0.05, 0) is 95.6 Å². The number of rotatable bonds is 8. The molecule has 10 atom stereocenters. The Labute approximate surface area is 187 Å². The van der Waals surface area contributed by atoms with Gasteiger partial charge in [0.05, 0.1) is 12.2 Å². The summed E-state index contributed by atoms with van der Waals surface area (Å²) in [5.41, 5.74) is 0. The van der Waals surface area contributed by atoms with Gasteiger partial charge in [0.2, 0.25) is 0 Å². The average molecular weight is 436 g/mol. The molecule has 6 nitrogen and oxygen atoms in total. The van der Waals surface area contributed by atoms with E-state index in [0.29, 0.717) is 36.0 Å². The summed E-state index contributed by atoms with van der Waals surface area (Å²) < 4.78 is 20.0. The molecular formula is C24H42FN5O. The molecule has 176 valence electrons. The van der Waals surface area contributed by atoms with Gasteiger partial charge in [0.25, 0.3) is 0 Å². The number of hydrogen-bond acceptors (Lipinski definition) is 6. The van der Waals surface area contributed by atoms with Crippen molar-refractivity contribution in [2.45, 2.75) is 82.2 Å². The van der Waals surface area contributed by atoms with Gasteiger partial charge in [0, 0.05) is 19.1 Å². The van der Waals surface area contributed by atoms with Crippen molar-refractivity contribution in [3.05, 3.63) is 0 Å². The molecular weight excluding hydrogens is 393 g/mol. The highest BCUT2D eigenvalue weighted by atomic mass is 19.1. The minimum Gasteiger partial charge on any atom is -0.350 e. The van der Waals surface area contributed by atoms with Gasteiger partial charge in [-0.2, -0.15) is 0 Å². The van der Waals surface area contributed by atoms with Crippen LogP contribution in [0.25, 0.3) is 0 Å². The Morgan fingerprint density at radius 2 is 2.13 bits per heavy atom. The van der Waals surface area contributed by atoms with E-state index in [9.17, 15) is 4.39 Å². The number of nitrogens with zero attached hydrogens (tertiary/aromatic N) is 3. The second-order valence-electron chi connectivity index (χ2n) is 11.1. The molecule has 0 radical (unpaired) electrons. The molecule has 5 rings (SSSR count). The molecule has 0 aromatic carbocycles. The van der Waals surface area contributed by atoms with E-state index in [0.717, 1.165) is 58.3 Å². The molecule has 4 aliphatic heterocycles. The van der Waals surface area contributed by atoms with Crippen molar-refractivity contribution >= 4 is 6.21 Å². The Bertz CT molecular complexity index is 647. The van der Waals surface area contributed by atoms with E-state index in [1.165, 1.54) is 6.42 Å². The molecule has 2 N–H and O–H groups in total. The lowest BCUT2D eigenvalue weighted by atomic mass is 9.71. The first-order valence-corrected chi connectivity index (χ1v) is 12.7. The molecule has 1 aliphatic carbocycles. The van der Waals surface area contributed by atoms with E-state index in [4.69, 9.17) is 9.73 Å². The van der Waals surface area contributed by atoms with Gasteiger partial charge in [-0.3, -0.25) is 20.5 Å². The molecule has 0 amide bonds. The van der Waals surface area contributed by atoms with Crippen molar-refractivity contribution in [1.29, 1.82) is 0 Å². The Kier molecular flexibility index (Phi) is 6.69. The minimum atomic E-state index is -0.605. The summed E-state index contributed by atoms with van der Waals surface area (Å²) in [5, 5.41) is 7.31. The molecule has 4 fully saturated rings. The van der Waals surface area contributed by atoms with E-state index in [2.05, 4.69) is 47.7 Å². The summed E-state index contributed by atoms with van der Waals surface area (Å²) >= 11 is 0. The Balaban J connectivity index is 1.12. The number of epoxide rings is 1. The van der Waals surface area contributed by atoms with Gasteiger partial charge in [-0.25, -0.2) is 4.39 Å². The molecule has 0 bridgehead atoms. The lowest BCUT2D eigenvalue weighted by Gasteiger charge is -2.36. The van der Waals surface area contributed by atoms with Gasteiger partial charge in [0.15, 0.2) is 0 Å². The smallest absolute Gasteiger partial charge is 0.138 e. The maximum absolute atomic E-state index is 14.0. The van der Waals surface area contributed by atoms with Crippen LogP contribution in [0.3, 0.4) is 0 Å². The number of halogens is 1. The average Bonchev–Trinajstić information content (AvgIpc) is 3.09. The van der Waals surface area contributed by atoms with Crippen molar-refractivity contribution in [3.8, 4) is 0 Å². The van der Waals surface area contributed by atoms with Gasteiger partial charge in [-0.15, -0.1) is 0 Å². The Hall–Kier alpha value is -0.600. The Morgan fingerprint density at radius 3 is 2.94 bits per heavy atom. The van der Waals surface area contributed by atoms with Crippen LogP contribution in [0.5, 0.6) is 0 Å². The van der Waals surface area contributed by atoms with Crippen molar-refractivity contribution in [3.63, 3.8) is 0 Å². The molecule has 4 heterocycles. The number of ether oxygens (including phenoxy) is 1. The quantitative estimate of drug-likeness (QED) is 0.452. The van der Waals surface area contributed by atoms with Crippen LogP contribution in [-0.2, 0) is 4.74 Å². The molecule has 3 saturated heterocycles. The van der Waals surface area contributed by atoms with Crippen LogP contribution in [0.2, 0.25) is 0 Å². The third-order valence-corrected chi connectivity index (χ3v) is 8.66. The molecule has 0 aromatic rings. The molecule has 10 unspecified atom stereocenters. The highest BCUT2D eigenvalue weighted by molar-refractivity contribution is 5.61. The van der Waals surface area contributed by atoms with Gasteiger partial charge in [0.1, 0.15) is 18.5 Å². The standard InChI is InChI=1S/C24H42FN5O/c1-15-11-16(5-6-20(15)25)21-19(7-9-26-21)17-12-18-13-28-23(30(18)14-17)22-24(31-22)27-8-4-10-29(2)3/h9,15-24,27-28H,4-8,10-14H2,1-3H3. The lowest BCUT2D eigenvalue weighted by molar-refractivity contribution is 0.107. The first-order valence-electron chi connectivity index (χ1n) is 12.7. The topological polar surface area (TPSA) is 55.4 Å². The van der Waals surface area contributed by atoms with Crippen molar-refractivity contribution in [2.75, 3.05) is 40.3 Å². The van der Waals surface area contributed by atoms with Crippen LogP contribution >= 0.6 is 0 Å². The fourth-order valence-corrected chi connectivity index (χ4v) is 6.89. The summed E-state index contributed by atoms with van der Waals surface area (Å²) in [6.45, 7) is 6.45. The highest BCUT2D eigenvalue weighted by Gasteiger charge is 2.54. The van der Waals surface area contributed by atoms with Crippen LogP contribution in [0, 0.1) is 23.7 Å². The largest absolute Gasteiger partial charge is 0.350 e. The summed E-state index contributed by atoms with van der Waals surface area (Å²) in [6, 6.07) is 1.06. The predicted octanol–water partition coefficient (Wildman–Crippen LogP) is 2.11. The number of alkyl halides is 1. The van der Waals surface area contributed by atoms with Gasteiger partial charge >= 0.3 is 0 Å². The van der Waals surface area contributed by atoms with Crippen LogP contribution in [0.4, 0.5) is 4.39 Å². The fourth-order valence-electron chi connectivity index (χ4n) is 6.89. The maximum atomic E-state index is 14.0. The van der Waals surface area contributed by atoms with E-state index < -0.39 is 6.17 Å². The van der Waals surface area contributed by atoms with E-state index in [-0.39, 0.29) is 18.2 Å². The summed E-state index contributed by atoms with van der Waals surface area (Å²) in [4.78, 5) is 9.87. The van der Waals surface area contributed by atoms with E-state index in [1.54, 1.807) is 0 Å². The SMILES string of the molecule is CC1CC(C2N=CCC2C2CC3CNC(C4OC4NCCCN(C)C)N3C2)CCC1F. The Morgan fingerprint density at radius 1 is 1.26 bits per heavy atom. The number of aliphatic imine (C=N–C) groups is 1. The predicted molar refractivity (Wildman–Crippen MR) is 122 cm³/mol. The summed E-state index contributed by atoms with van der Waals surface area (Å²) in [6.07, 6.45) is 8.72. The zero-order valence-electron chi connectivity index (χ0n) is 19.5. The summed E-state index contributed by atoms with van der Waals surface area (Å²) in [5.74, 6) is 2.15. The number of nitrogens with one attached hydrogen (secondary N) is 2. The van der Waals surface area contributed by atoms with E-state index >= 15 is 0 Å². The number of hydrogen-bond donors (Lipinski definition) is 2. The van der Waals surface area contributed by atoms with Gasteiger partial charge in [-0.1, -0.05) is 6.92 Å². The molecule has 7 heteroatoms. The van der Waals surface area contributed by atoms with Crippen molar-refractivity contribution < 1.29 is 9.13 Å². The lowest BCUT2D eigenvalue weighted by Crippen LogP contribution is -2.44. The molecule has 31 heavy (non-hydrogen) atoms. The van der Waals surface area contributed by atoms with Crippen molar-refractivity contribution in [2.24, 2.45) is 28.7 Å². The fraction of sp³-hybridized carbons (Fsp3) is 0.958. The third-order valence-electron chi connectivity index (χ3n) is 8.66. The van der Waals surface area contributed by atoms with Crippen LogP contribution in [-0.4, -0.2) is 93.0 Å². The zero-order chi connectivity index (χ0) is 21.5. The van der Waals surface area contributed by atoms with E-state index in [1.807, 2.05) is 0 Å². The van der Waals surface area contributed by atoms with Crippen LogP contribution in [0.1, 0.15) is 45.4 Å². The number of fused-ring (bicyclic) bond motifs is 1. The van der Waals surface area contributed by atoms with Crippen LogP contribution in [0.15, 0.2) is 4.99 Å². The molecule has 0 spiro atoms. The maximum Gasteiger partial charge on any atom is 0.138 e. The summed E-state index contributed by atoms with van der Waals surface area (Å²) in [7, 11) is 4.24. The molecule has 5 aliphatic rings.